The van der Waals surface area contributed by atoms with E-state index in [9.17, 15) is 14.4 Å². The standard InChI is InChI=1S/C27H31Cl2N7O3/c1-35-17-21(16-23(35)27(39)32-12-9-24(30)31)34-26(38)19-3-2-4-20(15-19)33-25(37)18-5-7-22(8-6-18)36(13-10-28)14-11-29/h2-8,15-17H,9-14H2,1H3,(H3,30,31)(H,32,39)(H,33,37)(H,34,38). The fraction of sp³-hybridized carbons (Fsp3) is 0.259. The quantitative estimate of drug-likeness (QED) is 0.120. The number of amidine groups is 1. The lowest BCUT2D eigenvalue weighted by molar-refractivity contribution is 0.0945. The van der Waals surface area contributed by atoms with Crippen molar-refractivity contribution in [2.75, 3.05) is 46.9 Å². The first-order chi connectivity index (χ1) is 18.7. The fourth-order valence-corrected chi connectivity index (χ4v) is 4.21. The molecule has 0 bridgehead atoms. The molecule has 1 aromatic heterocycles. The van der Waals surface area contributed by atoms with Crippen molar-refractivity contribution in [2.45, 2.75) is 6.42 Å². The first-order valence-electron chi connectivity index (χ1n) is 12.2. The van der Waals surface area contributed by atoms with Crippen LogP contribution < -0.4 is 26.6 Å². The van der Waals surface area contributed by atoms with Crippen LogP contribution in [-0.2, 0) is 7.05 Å². The molecule has 6 N–H and O–H groups in total. The molecule has 0 aliphatic rings. The Bertz CT molecular complexity index is 1320. The van der Waals surface area contributed by atoms with Crippen LogP contribution in [0.5, 0.6) is 0 Å². The number of nitrogens with two attached hydrogens (primary N) is 1. The van der Waals surface area contributed by atoms with Crippen LogP contribution in [0.3, 0.4) is 0 Å². The molecule has 39 heavy (non-hydrogen) atoms. The summed E-state index contributed by atoms with van der Waals surface area (Å²) in [7, 11) is 1.69. The molecule has 0 unspecified atom stereocenters. The number of hydrogen-bond acceptors (Lipinski definition) is 5. The van der Waals surface area contributed by atoms with Crippen molar-refractivity contribution in [1.29, 1.82) is 5.41 Å². The molecule has 3 rings (SSSR count). The van der Waals surface area contributed by atoms with E-state index in [1.807, 2.05) is 17.0 Å². The molecular weight excluding hydrogens is 541 g/mol. The second-order valence-electron chi connectivity index (χ2n) is 8.66. The van der Waals surface area contributed by atoms with Gasteiger partial charge in [0.25, 0.3) is 17.7 Å². The van der Waals surface area contributed by atoms with Gasteiger partial charge in [-0.2, -0.15) is 0 Å². The molecule has 0 aliphatic heterocycles. The van der Waals surface area contributed by atoms with Crippen LogP contribution in [-0.4, -0.2) is 59.5 Å². The number of amides is 3. The molecule has 0 fully saturated rings. The molecule has 2 aromatic carbocycles. The second-order valence-corrected chi connectivity index (χ2v) is 9.41. The van der Waals surface area contributed by atoms with Gasteiger partial charge in [0.1, 0.15) is 5.69 Å². The lowest BCUT2D eigenvalue weighted by atomic mass is 10.1. The van der Waals surface area contributed by atoms with Gasteiger partial charge in [-0.1, -0.05) is 6.07 Å². The molecule has 0 saturated heterocycles. The smallest absolute Gasteiger partial charge is 0.267 e. The van der Waals surface area contributed by atoms with Crippen LogP contribution in [0.4, 0.5) is 17.1 Å². The van der Waals surface area contributed by atoms with Crippen molar-refractivity contribution in [3.8, 4) is 0 Å². The minimum absolute atomic E-state index is 0.0148. The zero-order valence-corrected chi connectivity index (χ0v) is 23.0. The predicted octanol–water partition coefficient (Wildman–Crippen LogP) is 3.87. The number of aryl methyl sites for hydroxylation is 1. The van der Waals surface area contributed by atoms with Gasteiger partial charge in [-0.15, -0.1) is 23.2 Å². The SMILES string of the molecule is Cn1cc(NC(=O)c2cccc(NC(=O)c3ccc(N(CCCl)CCCl)cc3)c2)cc1C(=O)NCCC(=N)N. The Balaban J connectivity index is 1.63. The van der Waals surface area contributed by atoms with Gasteiger partial charge in [-0.05, 0) is 48.5 Å². The maximum Gasteiger partial charge on any atom is 0.267 e. The second kappa shape index (κ2) is 14.2. The van der Waals surface area contributed by atoms with Crippen molar-refractivity contribution in [1.82, 2.24) is 9.88 Å². The van der Waals surface area contributed by atoms with Crippen LogP contribution in [0.25, 0.3) is 0 Å². The number of carbonyl (C=O) groups is 3. The average Bonchev–Trinajstić information content (AvgIpc) is 3.28. The van der Waals surface area contributed by atoms with Gasteiger partial charge in [-0.25, -0.2) is 0 Å². The van der Waals surface area contributed by atoms with E-state index in [2.05, 4.69) is 16.0 Å². The first-order valence-corrected chi connectivity index (χ1v) is 13.3. The Morgan fingerprint density at radius 2 is 1.54 bits per heavy atom. The average molecular weight is 572 g/mol. The summed E-state index contributed by atoms with van der Waals surface area (Å²) in [4.78, 5) is 40.1. The van der Waals surface area contributed by atoms with Gasteiger partial charge in [0.2, 0.25) is 0 Å². The summed E-state index contributed by atoms with van der Waals surface area (Å²) in [6.07, 6.45) is 1.87. The van der Waals surface area contributed by atoms with Gasteiger partial charge in [0, 0.05) is 73.6 Å². The molecule has 0 saturated carbocycles. The molecule has 1 heterocycles. The number of nitrogens with one attached hydrogen (secondary N) is 4. The maximum atomic E-state index is 12.9. The zero-order chi connectivity index (χ0) is 28.4. The number of rotatable bonds is 13. The van der Waals surface area contributed by atoms with Crippen molar-refractivity contribution in [3.05, 3.63) is 77.6 Å². The largest absolute Gasteiger partial charge is 0.388 e. The topological polar surface area (TPSA) is 145 Å². The number of carbonyl (C=O) groups excluding carboxylic acids is 3. The molecular formula is C27H31Cl2N7O3. The van der Waals surface area contributed by atoms with Gasteiger partial charge in [0.15, 0.2) is 0 Å². The van der Waals surface area contributed by atoms with E-state index in [1.165, 1.54) is 0 Å². The fourth-order valence-electron chi connectivity index (χ4n) is 3.80. The summed E-state index contributed by atoms with van der Waals surface area (Å²) in [5.74, 6) is -0.146. The highest BCUT2D eigenvalue weighted by Gasteiger charge is 2.15. The minimum atomic E-state index is -0.400. The predicted molar refractivity (Wildman–Crippen MR) is 157 cm³/mol. The summed E-state index contributed by atoms with van der Waals surface area (Å²) in [6, 6.07) is 15.2. The molecule has 10 nitrogen and oxygen atoms in total. The summed E-state index contributed by atoms with van der Waals surface area (Å²) >= 11 is 11.8. The lowest BCUT2D eigenvalue weighted by Crippen LogP contribution is -2.28. The van der Waals surface area contributed by atoms with Crippen molar-refractivity contribution in [3.63, 3.8) is 0 Å². The summed E-state index contributed by atoms with van der Waals surface area (Å²) in [5.41, 5.74) is 8.26. The Labute approximate surface area is 237 Å². The highest BCUT2D eigenvalue weighted by Crippen LogP contribution is 2.19. The normalized spacial score (nSPS) is 10.5. The maximum absolute atomic E-state index is 12.9. The Morgan fingerprint density at radius 1 is 0.897 bits per heavy atom. The van der Waals surface area contributed by atoms with E-state index in [-0.39, 0.29) is 30.6 Å². The van der Waals surface area contributed by atoms with Gasteiger partial charge < -0.3 is 31.2 Å². The monoisotopic (exact) mass is 571 g/mol. The van der Waals surface area contributed by atoms with Crippen LogP contribution >= 0.6 is 23.2 Å². The molecule has 0 atom stereocenters. The van der Waals surface area contributed by atoms with Gasteiger partial charge in [-0.3, -0.25) is 19.8 Å². The van der Waals surface area contributed by atoms with Crippen molar-refractivity contribution >= 4 is 63.8 Å². The first kappa shape index (κ1) is 29.5. The van der Waals surface area contributed by atoms with Crippen molar-refractivity contribution in [2.24, 2.45) is 12.8 Å². The number of benzene rings is 2. The minimum Gasteiger partial charge on any atom is -0.388 e. The lowest BCUT2D eigenvalue weighted by Gasteiger charge is -2.22. The van der Waals surface area contributed by atoms with Crippen LogP contribution in [0.2, 0.25) is 0 Å². The number of anilines is 3. The van der Waals surface area contributed by atoms with E-state index in [0.29, 0.717) is 53.0 Å². The highest BCUT2D eigenvalue weighted by molar-refractivity contribution is 6.18. The third kappa shape index (κ3) is 8.49. The number of nitrogens with zero attached hydrogens (tertiary/aromatic N) is 2. The highest BCUT2D eigenvalue weighted by atomic mass is 35.5. The number of aromatic nitrogens is 1. The number of alkyl halides is 2. The summed E-state index contributed by atoms with van der Waals surface area (Å²) in [6.45, 7) is 1.53. The Kier molecular flexibility index (Phi) is 10.8. The zero-order valence-electron chi connectivity index (χ0n) is 21.5. The van der Waals surface area contributed by atoms with Crippen molar-refractivity contribution < 1.29 is 14.4 Å². The molecule has 0 aliphatic carbocycles. The number of halogens is 2. The van der Waals surface area contributed by atoms with E-state index >= 15 is 0 Å². The Hall–Kier alpha value is -4.02. The van der Waals surface area contributed by atoms with E-state index in [4.69, 9.17) is 34.3 Å². The Morgan fingerprint density at radius 3 is 2.18 bits per heavy atom. The van der Waals surface area contributed by atoms with Gasteiger partial charge in [0.05, 0.1) is 11.5 Å². The van der Waals surface area contributed by atoms with Crippen LogP contribution in [0.15, 0.2) is 60.8 Å². The van der Waals surface area contributed by atoms with E-state index < -0.39 is 5.91 Å². The molecule has 0 spiro atoms. The molecule has 12 heteroatoms. The molecule has 206 valence electrons. The van der Waals surface area contributed by atoms with E-state index in [0.717, 1.165) is 5.69 Å². The summed E-state index contributed by atoms with van der Waals surface area (Å²) in [5, 5.41) is 15.5. The number of hydrogen-bond donors (Lipinski definition) is 5. The summed E-state index contributed by atoms with van der Waals surface area (Å²) < 4.78 is 1.59. The molecule has 3 amide bonds. The molecule has 0 radical (unpaired) electrons. The van der Waals surface area contributed by atoms with E-state index in [1.54, 1.807) is 60.3 Å². The van der Waals surface area contributed by atoms with Gasteiger partial charge >= 0.3 is 0 Å². The molecule has 3 aromatic rings. The third-order valence-electron chi connectivity index (χ3n) is 5.76. The van der Waals surface area contributed by atoms with Crippen LogP contribution in [0, 0.1) is 5.41 Å². The third-order valence-corrected chi connectivity index (χ3v) is 6.10. The van der Waals surface area contributed by atoms with Crippen LogP contribution in [0.1, 0.15) is 37.6 Å².